The van der Waals surface area contributed by atoms with Crippen LogP contribution in [-0.4, -0.2) is 79.8 Å². The van der Waals surface area contributed by atoms with E-state index in [0.717, 1.165) is 32.8 Å². The minimum atomic E-state index is -0.308. The number of likely N-dealkylation sites (tertiary alicyclic amines) is 1. The molecule has 0 aromatic heterocycles. The summed E-state index contributed by atoms with van der Waals surface area (Å²) in [7, 11) is 1.77. The van der Waals surface area contributed by atoms with Gasteiger partial charge < -0.3 is 20.3 Å². The van der Waals surface area contributed by atoms with Crippen LogP contribution < -0.4 is 10.6 Å². The topological polar surface area (TPSA) is 73.9 Å². The Hall–Kier alpha value is -1.34. The van der Waals surface area contributed by atoms with Gasteiger partial charge in [-0.3, -0.25) is 9.69 Å². The van der Waals surface area contributed by atoms with Crippen LogP contribution in [0.25, 0.3) is 0 Å². The molecule has 0 aromatic carbocycles. The normalized spacial score (nSPS) is 24.2. The Labute approximate surface area is 132 Å². The SMILES string of the molecule is CN1CC(NC(=O)NC(C)(C)CN2CCOCC2)CCC1=O. The largest absolute Gasteiger partial charge is 0.379 e. The number of nitrogens with one attached hydrogen (secondary N) is 2. The Balaban J connectivity index is 1.76. The van der Waals surface area contributed by atoms with Crippen molar-refractivity contribution in [3.8, 4) is 0 Å². The molecule has 0 radical (unpaired) electrons. The number of rotatable bonds is 4. The predicted molar refractivity (Wildman–Crippen MR) is 83.7 cm³/mol. The molecule has 22 heavy (non-hydrogen) atoms. The van der Waals surface area contributed by atoms with Crippen molar-refractivity contribution >= 4 is 11.9 Å². The van der Waals surface area contributed by atoms with Gasteiger partial charge in [-0.05, 0) is 20.3 Å². The number of carbonyl (C=O) groups excluding carboxylic acids is 2. The molecule has 0 aliphatic carbocycles. The van der Waals surface area contributed by atoms with Crippen LogP contribution in [0.15, 0.2) is 0 Å². The number of nitrogens with zero attached hydrogens (tertiary/aromatic N) is 2. The van der Waals surface area contributed by atoms with Crippen LogP contribution in [-0.2, 0) is 9.53 Å². The Morgan fingerprint density at radius 3 is 2.68 bits per heavy atom. The molecule has 0 spiro atoms. The highest BCUT2D eigenvalue weighted by Crippen LogP contribution is 2.11. The Morgan fingerprint density at radius 2 is 2.05 bits per heavy atom. The summed E-state index contributed by atoms with van der Waals surface area (Å²) in [5.41, 5.74) is -0.308. The first-order valence-corrected chi connectivity index (χ1v) is 7.98. The van der Waals surface area contributed by atoms with Crippen LogP contribution in [0.3, 0.4) is 0 Å². The lowest BCUT2D eigenvalue weighted by molar-refractivity contribution is -0.132. The number of morpholine rings is 1. The third-order valence-corrected chi connectivity index (χ3v) is 4.14. The van der Waals surface area contributed by atoms with Crippen LogP contribution in [0.5, 0.6) is 0 Å². The fraction of sp³-hybridized carbons (Fsp3) is 0.867. The number of piperidine rings is 1. The molecule has 3 amide bonds. The third-order valence-electron chi connectivity index (χ3n) is 4.14. The summed E-state index contributed by atoms with van der Waals surface area (Å²) in [6.45, 7) is 8.75. The first-order valence-electron chi connectivity index (χ1n) is 7.98. The maximum Gasteiger partial charge on any atom is 0.315 e. The van der Waals surface area contributed by atoms with Gasteiger partial charge in [-0.2, -0.15) is 0 Å². The van der Waals surface area contributed by atoms with E-state index in [1.54, 1.807) is 11.9 Å². The number of amides is 3. The molecule has 126 valence electrons. The number of ether oxygens (including phenoxy) is 1. The molecule has 0 aromatic rings. The highest BCUT2D eigenvalue weighted by atomic mass is 16.5. The van der Waals surface area contributed by atoms with Gasteiger partial charge in [-0.25, -0.2) is 4.79 Å². The van der Waals surface area contributed by atoms with Crippen molar-refractivity contribution in [3.63, 3.8) is 0 Å². The number of urea groups is 1. The zero-order valence-corrected chi connectivity index (χ0v) is 13.9. The molecule has 7 heteroatoms. The molecule has 1 unspecified atom stereocenters. The Bertz CT molecular complexity index is 408. The summed E-state index contributed by atoms with van der Waals surface area (Å²) >= 11 is 0. The maximum atomic E-state index is 12.2. The molecule has 7 nitrogen and oxygen atoms in total. The quantitative estimate of drug-likeness (QED) is 0.767. The van der Waals surface area contributed by atoms with Crippen molar-refractivity contribution in [2.24, 2.45) is 0 Å². The summed E-state index contributed by atoms with van der Waals surface area (Å²) < 4.78 is 5.34. The van der Waals surface area contributed by atoms with Gasteiger partial charge in [0.05, 0.1) is 13.2 Å². The molecular weight excluding hydrogens is 284 g/mol. The smallest absolute Gasteiger partial charge is 0.315 e. The average molecular weight is 312 g/mol. The van der Waals surface area contributed by atoms with E-state index in [9.17, 15) is 9.59 Å². The van der Waals surface area contributed by atoms with Gasteiger partial charge in [0, 0.05) is 51.2 Å². The monoisotopic (exact) mass is 312 g/mol. The van der Waals surface area contributed by atoms with Gasteiger partial charge in [-0.15, -0.1) is 0 Å². The minimum absolute atomic E-state index is 0.0295. The molecule has 1 atom stereocenters. The second kappa shape index (κ2) is 7.28. The highest BCUT2D eigenvalue weighted by molar-refractivity contribution is 5.78. The molecule has 0 saturated carbocycles. The Kier molecular flexibility index (Phi) is 5.63. The van der Waals surface area contributed by atoms with Gasteiger partial charge in [-0.1, -0.05) is 0 Å². The van der Waals surface area contributed by atoms with Gasteiger partial charge in [0.1, 0.15) is 0 Å². The minimum Gasteiger partial charge on any atom is -0.379 e. The van der Waals surface area contributed by atoms with Crippen LogP contribution >= 0.6 is 0 Å². The molecule has 2 aliphatic heterocycles. The number of hydrogen-bond acceptors (Lipinski definition) is 4. The van der Waals surface area contributed by atoms with Gasteiger partial charge >= 0.3 is 6.03 Å². The molecular formula is C15H28N4O3. The van der Waals surface area contributed by atoms with E-state index in [1.165, 1.54) is 0 Å². The zero-order chi connectivity index (χ0) is 16.2. The van der Waals surface area contributed by atoms with Crippen molar-refractivity contribution in [2.45, 2.75) is 38.3 Å². The van der Waals surface area contributed by atoms with E-state index >= 15 is 0 Å². The fourth-order valence-corrected chi connectivity index (χ4v) is 3.02. The summed E-state index contributed by atoms with van der Waals surface area (Å²) in [4.78, 5) is 27.6. The lowest BCUT2D eigenvalue weighted by Gasteiger charge is -2.36. The van der Waals surface area contributed by atoms with E-state index in [0.29, 0.717) is 19.4 Å². The lowest BCUT2D eigenvalue weighted by Crippen LogP contribution is -2.58. The van der Waals surface area contributed by atoms with Crippen LogP contribution in [0.2, 0.25) is 0 Å². The number of likely N-dealkylation sites (N-methyl/N-ethyl adjacent to an activating group) is 1. The van der Waals surface area contributed by atoms with E-state index in [4.69, 9.17) is 4.74 Å². The van der Waals surface area contributed by atoms with E-state index in [-0.39, 0.29) is 23.5 Å². The number of hydrogen-bond donors (Lipinski definition) is 2. The molecule has 2 fully saturated rings. The van der Waals surface area contributed by atoms with Crippen molar-refractivity contribution in [1.29, 1.82) is 0 Å². The number of carbonyl (C=O) groups is 2. The van der Waals surface area contributed by atoms with Crippen molar-refractivity contribution in [3.05, 3.63) is 0 Å². The second-order valence-electron chi connectivity index (χ2n) is 6.88. The van der Waals surface area contributed by atoms with Crippen LogP contribution in [0.1, 0.15) is 26.7 Å². The average Bonchev–Trinajstić information content (AvgIpc) is 2.42. The third kappa shape index (κ3) is 5.14. The molecule has 2 heterocycles. The van der Waals surface area contributed by atoms with E-state index < -0.39 is 0 Å². The summed E-state index contributed by atoms with van der Waals surface area (Å²) in [5, 5.41) is 6.02. The first-order chi connectivity index (χ1) is 10.4. The molecule has 2 saturated heterocycles. The molecule has 2 aliphatic rings. The molecule has 0 bridgehead atoms. The van der Waals surface area contributed by atoms with Crippen LogP contribution in [0, 0.1) is 0 Å². The van der Waals surface area contributed by atoms with E-state index in [1.807, 2.05) is 13.8 Å². The lowest BCUT2D eigenvalue weighted by atomic mass is 10.0. The van der Waals surface area contributed by atoms with Gasteiger partial charge in [0.25, 0.3) is 0 Å². The Morgan fingerprint density at radius 1 is 1.36 bits per heavy atom. The van der Waals surface area contributed by atoms with Gasteiger partial charge in [0.15, 0.2) is 0 Å². The van der Waals surface area contributed by atoms with E-state index in [2.05, 4.69) is 15.5 Å². The van der Waals surface area contributed by atoms with Crippen molar-refractivity contribution in [1.82, 2.24) is 20.4 Å². The second-order valence-corrected chi connectivity index (χ2v) is 6.88. The van der Waals surface area contributed by atoms with Crippen LogP contribution in [0.4, 0.5) is 4.79 Å². The first kappa shape index (κ1) is 17.0. The van der Waals surface area contributed by atoms with Crippen molar-refractivity contribution in [2.75, 3.05) is 46.4 Å². The maximum absolute atomic E-state index is 12.2. The molecule has 2 rings (SSSR count). The summed E-state index contributed by atoms with van der Waals surface area (Å²) in [6.07, 6.45) is 1.21. The van der Waals surface area contributed by atoms with Gasteiger partial charge in [0.2, 0.25) is 5.91 Å². The summed E-state index contributed by atoms with van der Waals surface area (Å²) in [5.74, 6) is 0.145. The zero-order valence-electron chi connectivity index (χ0n) is 13.9. The van der Waals surface area contributed by atoms with Crippen molar-refractivity contribution < 1.29 is 14.3 Å². The molecule has 2 N–H and O–H groups in total. The standard InChI is InChI=1S/C15H28N4O3/c1-15(2,11-19-6-8-22-9-7-19)17-14(21)16-12-4-5-13(20)18(3)10-12/h12H,4-11H2,1-3H3,(H2,16,17,21). The fourth-order valence-electron chi connectivity index (χ4n) is 3.02. The predicted octanol–water partition coefficient (Wildman–Crippen LogP) is 0.0172. The highest BCUT2D eigenvalue weighted by Gasteiger charge is 2.28. The summed E-state index contributed by atoms with van der Waals surface area (Å²) in [6, 6.07) is -0.132.